The first-order valence-corrected chi connectivity index (χ1v) is 6.37. The van der Waals surface area contributed by atoms with Crippen molar-refractivity contribution in [1.29, 1.82) is 0 Å². The quantitative estimate of drug-likeness (QED) is 0.902. The Morgan fingerprint density at radius 3 is 2.94 bits per heavy atom. The average molecular weight is 255 g/mol. The molecule has 0 radical (unpaired) electrons. The van der Waals surface area contributed by atoms with Gasteiger partial charge in [0.15, 0.2) is 0 Å². The van der Waals surface area contributed by atoms with E-state index in [0.717, 1.165) is 17.7 Å². The van der Waals surface area contributed by atoms with Gasteiger partial charge < -0.3 is 5.32 Å². The van der Waals surface area contributed by atoms with Gasteiger partial charge >= 0.3 is 0 Å². The highest BCUT2D eigenvalue weighted by Crippen LogP contribution is 2.40. The van der Waals surface area contributed by atoms with Crippen molar-refractivity contribution in [2.45, 2.75) is 51.0 Å². The standard InChI is InChI=1S/C13H19F2N3/c1-9-7-17-12(18-11(9)8-16-2)10-4-3-5-13(14,15)6-10/h7,10,16H,3-6,8H2,1-2H3. The molecule has 0 saturated heterocycles. The largest absolute Gasteiger partial charge is 0.314 e. The molecule has 0 spiro atoms. The number of nitrogens with one attached hydrogen (secondary N) is 1. The van der Waals surface area contributed by atoms with Crippen molar-refractivity contribution in [3.8, 4) is 0 Å². The van der Waals surface area contributed by atoms with Crippen molar-refractivity contribution in [1.82, 2.24) is 15.3 Å². The fourth-order valence-corrected chi connectivity index (χ4v) is 2.43. The van der Waals surface area contributed by atoms with Crippen LogP contribution in [0.2, 0.25) is 0 Å². The molecule has 1 N–H and O–H groups in total. The summed E-state index contributed by atoms with van der Waals surface area (Å²) >= 11 is 0. The summed E-state index contributed by atoms with van der Waals surface area (Å²) in [7, 11) is 1.84. The zero-order chi connectivity index (χ0) is 13.2. The van der Waals surface area contributed by atoms with E-state index in [1.54, 1.807) is 6.20 Å². The highest BCUT2D eigenvalue weighted by Gasteiger charge is 2.37. The first-order valence-electron chi connectivity index (χ1n) is 6.37. The summed E-state index contributed by atoms with van der Waals surface area (Å²) in [5.41, 5.74) is 1.90. The van der Waals surface area contributed by atoms with E-state index in [1.165, 1.54) is 0 Å². The van der Waals surface area contributed by atoms with Gasteiger partial charge in [-0.2, -0.15) is 0 Å². The number of aromatic nitrogens is 2. The second-order valence-corrected chi connectivity index (χ2v) is 5.04. The molecule has 1 aliphatic carbocycles. The van der Waals surface area contributed by atoms with Crippen LogP contribution >= 0.6 is 0 Å². The first kappa shape index (κ1) is 13.3. The average Bonchev–Trinajstić information content (AvgIpc) is 2.31. The molecular formula is C13H19F2N3. The zero-order valence-electron chi connectivity index (χ0n) is 10.8. The molecule has 2 rings (SSSR count). The predicted molar refractivity (Wildman–Crippen MR) is 65.7 cm³/mol. The molecule has 0 bridgehead atoms. The fourth-order valence-electron chi connectivity index (χ4n) is 2.43. The Morgan fingerprint density at radius 1 is 1.50 bits per heavy atom. The number of nitrogens with zero attached hydrogens (tertiary/aromatic N) is 2. The minimum absolute atomic E-state index is 0.00126. The smallest absolute Gasteiger partial charge is 0.248 e. The van der Waals surface area contributed by atoms with Crippen LogP contribution in [0.15, 0.2) is 6.20 Å². The summed E-state index contributed by atoms with van der Waals surface area (Å²) in [5.74, 6) is -2.18. The lowest BCUT2D eigenvalue weighted by Crippen LogP contribution is -2.26. The molecule has 0 aromatic carbocycles. The second-order valence-electron chi connectivity index (χ2n) is 5.04. The highest BCUT2D eigenvalue weighted by molar-refractivity contribution is 5.17. The monoisotopic (exact) mass is 255 g/mol. The summed E-state index contributed by atoms with van der Waals surface area (Å²) in [5, 5.41) is 3.03. The number of aryl methyl sites for hydroxylation is 1. The molecule has 18 heavy (non-hydrogen) atoms. The molecule has 5 heteroatoms. The minimum atomic E-state index is -2.56. The number of hydrogen-bond donors (Lipinski definition) is 1. The van der Waals surface area contributed by atoms with Gasteiger partial charge in [0.1, 0.15) is 5.82 Å². The molecule has 3 nitrogen and oxygen atoms in total. The lowest BCUT2D eigenvalue weighted by atomic mass is 9.86. The lowest BCUT2D eigenvalue weighted by Gasteiger charge is -2.28. The Balaban J connectivity index is 2.20. The van der Waals surface area contributed by atoms with Gasteiger partial charge in [0.2, 0.25) is 5.92 Å². The summed E-state index contributed by atoms with van der Waals surface area (Å²) in [6.45, 7) is 2.58. The van der Waals surface area contributed by atoms with Crippen LogP contribution in [-0.2, 0) is 6.54 Å². The van der Waals surface area contributed by atoms with Crippen LogP contribution in [0.5, 0.6) is 0 Å². The molecule has 1 aromatic rings. The van der Waals surface area contributed by atoms with Gasteiger partial charge in [0, 0.05) is 31.5 Å². The zero-order valence-corrected chi connectivity index (χ0v) is 10.8. The molecule has 1 unspecified atom stereocenters. The van der Waals surface area contributed by atoms with Crippen LogP contribution in [0.1, 0.15) is 48.7 Å². The van der Waals surface area contributed by atoms with Gasteiger partial charge in [-0.05, 0) is 32.4 Å². The van der Waals surface area contributed by atoms with E-state index in [-0.39, 0.29) is 18.8 Å². The van der Waals surface area contributed by atoms with Crippen LogP contribution in [0.4, 0.5) is 8.78 Å². The topological polar surface area (TPSA) is 37.8 Å². The normalized spacial score (nSPS) is 23.0. The number of alkyl halides is 2. The van der Waals surface area contributed by atoms with Gasteiger partial charge in [0.05, 0.1) is 5.69 Å². The van der Waals surface area contributed by atoms with Gasteiger partial charge in [-0.1, -0.05) is 0 Å². The van der Waals surface area contributed by atoms with Crippen LogP contribution in [0.3, 0.4) is 0 Å². The van der Waals surface area contributed by atoms with Crippen LogP contribution in [0, 0.1) is 6.92 Å². The molecule has 1 atom stereocenters. The minimum Gasteiger partial charge on any atom is -0.314 e. The molecule has 1 aliphatic rings. The van der Waals surface area contributed by atoms with E-state index < -0.39 is 5.92 Å². The molecule has 100 valence electrons. The Labute approximate surface area is 106 Å². The Hall–Kier alpha value is -1.10. The van der Waals surface area contributed by atoms with Crippen molar-refractivity contribution in [2.75, 3.05) is 7.05 Å². The fraction of sp³-hybridized carbons (Fsp3) is 0.692. The van der Waals surface area contributed by atoms with Crippen molar-refractivity contribution in [3.63, 3.8) is 0 Å². The van der Waals surface area contributed by atoms with E-state index in [4.69, 9.17) is 0 Å². The van der Waals surface area contributed by atoms with E-state index in [1.807, 2.05) is 14.0 Å². The number of rotatable bonds is 3. The molecule has 1 fully saturated rings. The molecule has 1 saturated carbocycles. The summed E-state index contributed by atoms with van der Waals surface area (Å²) in [6.07, 6.45) is 2.93. The van der Waals surface area contributed by atoms with E-state index >= 15 is 0 Å². The highest BCUT2D eigenvalue weighted by atomic mass is 19.3. The van der Waals surface area contributed by atoms with Crippen LogP contribution in [-0.4, -0.2) is 22.9 Å². The molecular weight excluding hydrogens is 236 g/mol. The third-order valence-corrected chi connectivity index (χ3v) is 3.44. The predicted octanol–water partition coefficient (Wildman–Crippen LogP) is 2.80. The first-order chi connectivity index (χ1) is 8.52. The maximum Gasteiger partial charge on any atom is 0.248 e. The van der Waals surface area contributed by atoms with Gasteiger partial charge in [0.25, 0.3) is 0 Å². The van der Waals surface area contributed by atoms with Crippen molar-refractivity contribution in [3.05, 3.63) is 23.3 Å². The van der Waals surface area contributed by atoms with E-state index in [0.29, 0.717) is 18.8 Å². The number of hydrogen-bond acceptors (Lipinski definition) is 3. The summed E-state index contributed by atoms with van der Waals surface area (Å²) < 4.78 is 26.8. The third-order valence-electron chi connectivity index (χ3n) is 3.44. The third kappa shape index (κ3) is 3.02. The Morgan fingerprint density at radius 2 is 2.28 bits per heavy atom. The SMILES string of the molecule is CNCc1nc(C2CCCC(F)(F)C2)ncc1C. The van der Waals surface area contributed by atoms with Crippen molar-refractivity contribution in [2.24, 2.45) is 0 Å². The van der Waals surface area contributed by atoms with Gasteiger partial charge in [-0.3, -0.25) is 0 Å². The summed E-state index contributed by atoms with van der Waals surface area (Å²) in [6, 6.07) is 0. The van der Waals surface area contributed by atoms with Crippen molar-refractivity contribution < 1.29 is 8.78 Å². The molecule has 1 heterocycles. The Kier molecular flexibility index (Phi) is 3.90. The van der Waals surface area contributed by atoms with Gasteiger partial charge in [-0.25, -0.2) is 18.7 Å². The van der Waals surface area contributed by atoms with Crippen LogP contribution in [0.25, 0.3) is 0 Å². The molecule has 0 aliphatic heterocycles. The molecule has 0 amide bonds. The Bertz CT molecular complexity index is 421. The maximum atomic E-state index is 13.4. The number of halogens is 2. The van der Waals surface area contributed by atoms with E-state index in [2.05, 4.69) is 15.3 Å². The van der Waals surface area contributed by atoms with Crippen molar-refractivity contribution >= 4 is 0 Å². The van der Waals surface area contributed by atoms with E-state index in [9.17, 15) is 8.78 Å². The summed E-state index contributed by atoms with van der Waals surface area (Å²) in [4.78, 5) is 8.68. The second kappa shape index (κ2) is 5.26. The maximum absolute atomic E-state index is 13.4. The van der Waals surface area contributed by atoms with Crippen LogP contribution < -0.4 is 5.32 Å². The lowest BCUT2D eigenvalue weighted by molar-refractivity contribution is -0.0417. The van der Waals surface area contributed by atoms with Gasteiger partial charge in [-0.15, -0.1) is 0 Å². The molecule has 1 aromatic heterocycles.